The Kier molecular flexibility index (Phi) is 14.4. The fourth-order valence-corrected chi connectivity index (χ4v) is 6.69. The van der Waals surface area contributed by atoms with Crippen molar-refractivity contribution in [2.45, 2.75) is 119 Å². The minimum atomic E-state index is -0.573. The number of nitrogens with one attached hydrogen (secondary N) is 1. The van der Waals surface area contributed by atoms with Crippen LogP contribution >= 0.6 is 11.6 Å². The predicted octanol–water partition coefficient (Wildman–Crippen LogP) is 12.7. The van der Waals surface area contributed by atoms with Gasteiger partial charge in [-0.05, 0) is 60.4 Å². The first-order chi connectivity index (χ1) is 21.9. The second-order valence-corrected chi connectivity index (χ2v) is 13.1. The van der Waals surface area contributed by atoms with Crippen molar-refractivity contribution in [3.05, 3.63) is 102 Å². The highest BCUT2D eigenvalue weighted by Crippen LogP contribution is 2.53. The van der Waals surface area contributed by atoms with Gasteiger partial charge >= 0.3 is 0 Å². The number of aromatic nitrogens is 2. The Hall–Kier alpha value is -3.31. The lowest BCUT2D eigenvalue weighted by Crippen LogP contribution is -2.41. The number of allylic oxidation sites excluding steroid dienone is 1. The molecular weight excluding hydrogens is 591 g/mol. The van der Waals surface area contributed by atoms with Gasteiger partial charge in [0.05, 0.1) is 28.1 Å². The van der Waals surface area contributed by atoms with Gasteiger partial charge in [-0.15, -0.1) is 6.58 Å². The summed E-state index contributed by atoms with van der Waals surface area (Å²) in [6.45, 7) is 37.5. The maximum Gasteiger partial charge on any atom is 0.132 e. The van der Waals surface area contributed by atoms with E-state index in [1.165, 1.54) is 6.07 Å². The number of anilines is 1. The zero-order valence-electron chi connectivity index (χ0n) is 30.0. The van der Waals surface area contributed by atoms with Crippen LogP contribution in [0.2, 0.25) is 5.02 Å². The summed E-state index contributed by atoms with van der Waals surface area (Å²) in [6, 6.07) is 9.04. The SMILES string of the molecule is C=CCC1(C(=C)CC)c2ccc(F)cc2C(=C)N1Cc1cc2nc(NC(=C)CC(C)(C)C)cc(Cl)c2n1CCCCC.CC.CC. The highest BCUT2D eigenvalue weighted by atomic mass is 35.5. The van der Waals surface area contributed by atoms with Crippen molar-refractivity contribution in [2.24, 2.45) is 5.41 Å². The number of rotatable bonds is 13. The normalized spacial score (nSPS) is 15.5. The maximum absolute atomic E-state index is 14.5. The first-order valence-corrected chi connectivity index (χ1v) is 17.4. The Bertz CT molecular complexity index is 1530. The predicted molar refractivity (Wildman–Crippen MR) is 201 cm³/mol. The smallest absolute Gasteiger partial charge is 0.132 e. The van der Waals surface area contributed by atoms with E-state index in [4.69, 9.17) is 16.6 Å². The Balaban J connectivity index is 0.00000177. The molecule has 0 spiro atoms. The van der Waals surface area contributed by atoms with Gasteiger partial charge < -0.3 is 14.8 Å². The number of unbranched alkanes of at least 4 members (excludes halogenated alkanes) is 2. The summed E-state index contributed by atoms with van der Waals surface area (Å²) in [7, 11) is 0. The molecule has 0 bridgehead atoms. The number of hydrogen-bond donors (Lipinski definition) is 1. The molecule has 1 aliphatic rings. The van der Waals surface area contributed by atoms with Gasteiger partial charge in [0.2, 0.25) is 0 Å². The first kappa shape index (κ1) is 38.9. The van der Waals surface area contributed by atoms with E-state index in [0.29, 0.717) is 23.8 Å². The van der Waals surface area contributed by atoms with E-state index >= 15 is 0 Å². The van der Waals surface area contributed by atoms with Crippen LogP contribution < -0.4 is 5.32 Å². The van der Waals surface area contributed by atoms with Gasteiger partial charge in [-0.3, -0.25) is 0 Å². The summed E-state index contributed by atoms with van der Waals surface area (Å²) in [5.74, 6) is 0.414. The minimum absolute atomic E-state index is 0.104. The average Bonchev–Trinajstić information content (AvgIpc) is 3.46. The van der Waals surface area contributed by atoms with Gasteiger partial charge in [-0.2, -0.15) is 0 Å². The molecule has 252 valence electrons. The number of pyridine rings is 1. The van der Waals surface area contributed by atoms with Crippen LogP contribution in [0, 0.1) is 11.2 Å². The fourth-order valence-electron chi connectivity index (χ4n) is 6.39. The van der Waals surface area contributed by atoms with Crippen molar-refractivity contribution >= 4 is 34.1 Å². The van der Waals surface area contributed by atoms with E-state index < -0.39 is 5.54 Å². The van der Waals surface area contributed by atoms with Crippen LogP contribution in [-0.4, -0.2) is 14.5 Å². The lowest BCUT2D eigenvalue weighted by atomic mass is 9.79. The molecule has 1 aromatic carbocycles. The van der Waals surface area contributed by atoms with E-state index in [1.807, 2.05) is 45.9 Å². The molecule has 0 aliphatic carbocycles. The van der Waals surface area contributed by atoms with Gasteiger partial charge in [-0.1, -0.05) is 119 Å². The molecule has 2 aromatic heterocycles. The lowest BCUT2D eigenvalue weighted by molar-refractivity contribution is 0.202. The van der Waals surface area contributed by atoms with Crippen molar-refractivity contribution in [3.63, 3.8) is 0 Å². The molecule has 0 radical (unpaired) electrons. The molecule has 1 atom stereocenters. The van der Waals surface area contributed by atoms with Gasteiger partial charge in [0, 0.05) is 35.3 Å². The molecule has 0 saturated heterocycles. The molecule has 1 N–H and O–H groups in total. The van der Waals surface area contributed by atoms with E-state index in [-0.39, 0.29) is 11.2 Å². The van der Waals surface area contributed by atoms with E-state index in [0.717, 1.165) is 83.5 Å². The molecule has 46 heavy (non-hydrogen) atoms. The fraction of sp³-hybridized carbons (Fsp3) is 0.475. The van der Waals surface area contributed by atoms with Crippen LogP contribution in [0.3, 0.4) is 0 Å². The monoisotopic (exact) mass is 648 g/mol. The van der Waals surface area contributed by atoms with Crippen molar-refractivity contribution in [3.8, 4) is 0 Å². The lowest BCUT2D eigenvalue weighted by Gasteiger charge is -2.42. The number of benzene rings is 1. The largest absolute Gasteiger partial charge is 0.352 e. The summed E-state index contributed by atoms with van der Waals surface area (Å²) in [4.78, 5) is 7.27. The average molecular weight is 649 g/mol. The zero-order chi connectivity index (χ0) is 34.8. The molecule has 0 saturated carbocycles. The highest BCUT2D eigenvalue weighted by molar-refractivity contribution is 6.35. The van der Waals surface area contributed by atoms with E-state index in [2.05, 4.69) is 81.8 Å². The Morgan fingerprint density at radius 2 is 1.74 bits per heavy atom. The number of fused-ring (bicyclic) bond motifs is 2. The number of halogens is 2. The summed E-state index contributed by atoms with van der Waals surface area (Å²) >= 11 is 6.99. The van der Waals surface area contributed by atoms with Crippen LogP contribution in [-0.2, 0) is 18.6 Å². The molecule has 3 aromatic rings. The molecule has 6 heteroatoms. The van der Waals surface area contributed by atoms with Crippen molar-refractivity contribution in [1.82, 2.24) is 14.5 Å². The van der Waals surface area contributed by atoms with Crippen molar-refractivity contribution < 1.29 is 4.39 Å². The Morgan fingerprint density at radius 3 is 2.33 bits per heavy atom. The Labute approximate surface area is 284 Å². The van der Waals surface area contributed by atoms with Crippen LogP contribution in [0.4, 0.5) is 10.2 Å². The zero-order valence-corrected chi connectivity index (χ0v) is 30.8. The minimum Gasteiger partial charge on any atom is -0.352 e. The van der Waals surface area contributed by atoms with Gasteiger partial charge in [0.25, 0.3) is 0 Å². The number of aryl methyl sites for hydroxylation is 1. The Morgan fingerprint density at radius 1 is 1.07 bits per heavy atom. The number of hydrogen-bond acceptors (Lipinski definition) is 3. The second-order valence-electron chi connectivity index (χ2n) is 12.7. The maximum atomic E-state index is 14.5. The quantitative estimate of drug-likeness (QED) is 0.148. The summed E-state index contributed by atoms with van der Waals surface area (Å²) in [5, 5.41) is 4.03. The van der Waals surface area contributed by atoms with Crippen molar-refractivity contribution in [1.29, 1.82) is 0 Å². The van der Waals surface area contributed by atoms with Gasteiger partial charge in [0.15, 0.2) is 0 Å². The van der Waals surface area contributed by atoms with Crippen LogP contribution in [0.25, 0.3) is 16.7 Å². The van der Waals surface area contributed by atoms with Gasteiger partial charge in [0.1, 0.15) is 11.6 Å². The summed E-state index contributed by atoms with van der Waals surface area (Å²) < 4.78 is 16.8. The number of nitrogens with zero attached hydrogens (tertiary/aromatic N) is 3. The van der Waals surface area contributed by atoms with E-state index in [9.17, 15) is 4.39 Å². The summed E-state index contributed by atoms with van der Waals surface area (Å²) in [5.41, 5.74) is 6.93. The third-order valence-electron chi connectivity index (χ3n) is 8.22. The standard InChI is InChI=1S/C36H46ClFN4.2C2H6/c1-10-13-14-18-41-28(20-32-34(41)31(37)21-33(40-32)39-25(5)22-35(7,8)9)23-42-26(6)29-19-27(38)15-16-30(29)36(42,17-11-2)24(4)12-3;2*1-2/h11,15-16,19-21H,2,4-6,10,12-14,17-18,22-23H2,1,3,7-9H3,(H,39,40);2*1-2H3. The molecular formula is C40H58ClFN4. The molecule has 1 aliphatic heterocycles. The topological polar surface area (TPSA) is 33.1 Å². The molecule has 3 heterocycles. The van der Waals surface area contributed by atoms with Crippen LogP contribution in [0.5, 0.6) is 0 Å². The third kappa shape index (κ3) is 8.34. The van der Waals surface area contributed by atoms with Crippen LogP contribution in [0.1, 0.15) is 118 Å². The third-order valence-corrected chi connectivity index (χ3v) is 8.51. The first-order valence-electron chi connectivity index (χ1n) is 17.1. The molecule has 4 nitrogen and oxygen atoms in total. The van der Waals surface area contributed by atoms with Crippen molar-refractivity contribution in [2.75, 3.05) is 5.32 Å². The molecule has 1 unspecified atom stereocenters. The molecule has 0 amide bonds. The van der Waals surface area contributed by atoms with Crippen LogP contribution in [0.15, 0.2) is 74.0 Å². The highest BCUT2D eigenvalue weighted by Gasteiger charge is 2.47. The second kappa shape index (κ2) is 17.0. The summed E-state index contributed by atoms with van der Waals surface area (Å²) in [6.07, 6.45) is 7.41. The van der Waals surface area contributed by atoms with E-state index in [1.54, 1.807) is 6.07 Å². The molecule has 0 fully saturated rings. The van der Waals surface area contributed by atoms with Gasteiger partial charge in [-0.25, -0.2) is 9.37 Å². The molecule has 4 rings (SSSR count).